The van der Waals surface area contributed by atoms with E-state index < -0.39 is 5.60 Å². The van der Waals surface area contributed by atoms with Gasteiger partial charge in [-0.05, 0) is 72.1 Å². The second-order valence-electron chi connectivity index (χ2n) is 11.6. The molecule has 1 N–H and O–H groups in total. The van der Waals surface area contributed by atoms with Crippen LogP contribution in [0.3, 0.4) is 0 Å². The molecule has 5 nitrogen and oxygen atoms in total. The molecule has 0 radical (unpaired) electrons. The average molecular weight is 603 g/mol. The largest absolute Gasteiger partial charge is 0.456 e. The van der Waals surface area contributed by atoms with Gasteiger partial charge in [-0.3, -0.25) is 0 Å². The number of fused-ring (bicyclic) bond motifs is 8. The third kappa shape index (κ3) is 4.67. The molecule has 1 unspecified atom stereocenters. The highest BCUT2D eigenvalue weighted by Crippen LogP contribution is 2.58. The van der Waals surface area contributed by atoms with Crippen molar-refractivity contribution in [1.82, 2.24) is 0 Å². The van der Waals surface area contributed by atoms with E-state index >= 15 is 0 Å². The summed E-state index contributed by atoms with van der Waals surface area (Å²) in [6.07, 6.45) is 4.52. The van der Waals surface area contributed by atoms with Gasteiger partial charge in [-0.1, -0.05) is 80.8 Å². The first-order valence-electron chi connectivity index (χ1n) is 15.5. The number of benzene rings is 5. The maximum Gasteiger partial charge on any atom is 0.340 e. The fourth-order valence-electron chi connectivity index (χ4n) is 6.56. The number of halogens is 1. The minimum atomic E-state index is -1.13. The van der Waals surface area contributed by atoms with Crippen molar-refractivity contribution in [2.24, 2.45) is 0 Å². The Kier molecular flexibility index (Phi) is 7.43. The van der Waals surface area contributed by atoms with Crippen LogP contribution < -0.4 is 15.0 Å². The van der Waals surface area contributed by atoms with Crippen molar-refractivity contribution in [2.45, 2.75) is 45.1 Å². The van der Waals surface area contributed by atoms with Gasteiger partial charge in [-0.25, -0.2) is 4.79 Å². The Morgan fingerprint density at radius 3 is 2.36 bits per heavy atom. The maximum atomic E-state index is 13.5. The van der Waals surface area contributed by atoms with E-state index in [1.165, 1.54) is 0 Å². The molecule has 0 aliphatic carbocycles. The molecular weight excluding hydrogens is 568 g/mol. The molecule has 6 heteroatoms. The number of nitrogens with one attached hydrogen (secondary N) is 1. The molecule has 0 fully saturated rings. The van der Waals surface area contributed by atoms with Crippen LogP contribution in [-0.4, -0.2) is 19.1 Å². The number of hydrogen-bond donors (Lipinski definition) is 1. The fourth-order valence-corrected chi connectivity index (χ4v) is 6.74. The van der Waals surface area contributed by atoms with E-state index in [0.29, 0.717) is 22.1 Å². The summed E-state index contributed by atoms with van der Waals surface area (Å²) in [6.45, 7) is 6.43. The molecule has 44 heavy (non-hydrogen) atoms. The Labute approximate surface area is 263 Å². The molecule has 7 rings (SSSR count). The first-order chi connectivity index (χ1) is 21.5. The minimum Gasteiger partial charge on any atom is -0.456 e. The van der Waals surface area contributed by atoms with Crippen LogP contribution in [0.2, 0.25) is 5.02 Å². The molecule has 0 bridgehead atoms. The predicted molar refractivity (Wildman–Crippen MR) is 179 cm³/mol. The summed E-state index contributed by atoms with van der Waals surface area (Å²) in [6, 6.07) is 32.0. The lowest BCUT2D eigenvalue weighted by molar-refractivity contribution is 0.0229. The fraction of sp³-hybridized carbons (Fsp3) is 0.237. The van der Waals surface area contributed by atoms with Crippen LogP contribution in [0, 0.1) is 0 Å². The molecule has 1 atom stereocenters. The molecule has 0 saturated carbocycles. The molecule has 5 aromatic carbocycles. The van der Waals surface area contributed by atoms with Crippen LogP contribution in [0.4, 0.5) is 17.1 Å². The highest BCUT2D eigenvalue weighted by Gasteiger charge is 2.54. The summed E-state index contributed by atoms with van der Waals surface area (Å²) in [5, 5.41) is 6.04. The van der Waals surface area contributed by atoms with Crippen LogP contribution in [0.15, 0.2) is 97.1 Å². The van der Waals surface area contributed by atoms with Gasteiger partial charge in [0.05, 0.1) is 21.8 Å². The van der Waals surface area contributed by atoms with E-state index in [1.807, 2.05) is 60.7 Å². The minimum absolute atomic E-state index is 0.329. The lowest BCUT2D eigenvalue weighted by Gasteiger charge is -2.38. The molecule has 222 valence electrons. The number of para-hydroxylation sites is 1. The molecule has 2 heterocycles. The molecule has 0 amide bonds. The number of esters is 1. The van der Waals surface area contributed by atoms with Gasteiger partial charge in [0.1, 0.15) is 11.5 Å². The van der Waals surface area contributed by atoms with E-state index in [2.05, 4.69) is 60.5 Å². The van der Waals surface area contributed by atoms with Crippen molar-refractivity contribution in [1.29, 1.82) is 0 Å². The molecule has 2 aliphatic heterocycles. The molecular formula is C38H35ClN2O3. The van der Waals surface area contributed by atoms with Crippen molar-refractivity contribution in [3.05, 3.63) is 124 Å². The third-order valence-corrected chi connectivity index (χ3v) is 9.08. The van der Waals surface area contributed by atoms with Crippen molar-refractivity contribution >= 4 is 45.4 Å². The van der Waals surface area contributed by atoms with E-state index in [-0.39, 0.29) is 5.97 Å². The van der Waals surface area contributed by atoms with Gasteiger partial charge >= 0.3 is 5.97 Å². The summed E-state index contributed by atoms with van der Waals surface area (Å²) in [7, 11) is 0. The van der Waals surface area contributed by atoms with Gasteiger partial charge in [0, 0.05) is 41.7 Å². The van der Waals surface area contributed by atoms with Crippen molar-refractivity contribution in [2.75, 3.05) is 23.3 Å². The van der Waals surface area contributed by atoms with E-state index in [1.54, 1.807) is 0 Å². The van der Waals surface area contributed by atoms with Crippen LogP contribution in [-0.2, 0) is 10.3 Å². The Morgan fingerprint density at radius 1 is 0.795 bits per heavy atom. The first kappa shape index (κ1) is 28.3. The van der Waals surface area contributed by atoms with Crippen LogP contribution in [0.25, 0.3) is 10.8 Å². The topological polar surface area (TPSA) is 50.8 Å². The SMILES string of the molecule is CCCCN(CCCC)c1ccc2c(c1)Oc1ccc3cc(Nc4ccccc4Cl)ccc3c1C21OC(=O)c2ccccc21. The number of hydrogen-bond acceptors (Lipinski definition) is 5. The van der Waals surface area contributed by atoms with Gasteiger partial charge < -0.3 is 19.7 Å². The molecule has 0 aromatic heterocycles. The first-order valence-corrected chi connectivity index (χ1v) is 15.9. The maximum absolute atomic E-state index is 13.5. The number of anilines is 3. The Morgan fingerprint density at radius 2 is 1.57 bits per heavy atom. The van der Waals surface area contributed by atoms with Gasteiger partial charge in [-0.2, -0.15) is 0 Å². The van der Waals surface area contributed by atoms with E-state index in [0.717, 1.165) is 83.3 Å². The third-order valence-electron chi connectivity index (χ3n) is 8.75. The van der Waals surface area contributed by atoms with Gasteiger partial charge in [0.15, 0.2) is 5.60 Å². The highest BCUT2D eigenvalue weighted by molar-refractivity contribution is 6.33. The average Bonchev–Trinajstić information content (AvgIpc) is 3.34. The Hall–Kier alpha value is -4.48. The lowest BCUT2D eigenvalue weighted by atomic mass is 9.76. The number of unbranched alkanes of at least 4 members (excludes halogenated alkanes) is 2. The number of rotatable bonds is 9. The normalized spacial score (nSPS) is 16.2. The second-order valence-corrected chi connectivity index (χ2v) is 12.0. The van der Waals surface area contributed by atoms with Crippen molar-refractivity contribution < 1.29 is 14.3 Å². The van der Waals surface area contributed by atoms with Crippen LogP contribution in [0.1, 0.15) is 66.6 Å². The predicted octanol–water partition coefficient (Wildman–Crippen LogP) is 10.2. The number of nitrogens with zero attached hydrogens (tertiary/aromatic N) is 1. The lowest BCUT2D eigenvalue weighted by Crippen LogP contribution is -2.33. The number of carbonyl (C=O) groups is 1. The molecule has 2 aliphatic rings. The second kappa shape index (κ2) is 11.5. The molecule has 0 saturated heterocycles. The van der Waals surface area contributed by atoms with E-state index in [4.69, 9.17) is 21.1 Å². The zero-order valence-corrected chi connectivity index (χ0v) is 25.8. The van der Waals surface area contributed by atoms with E-state index in [9.17, 15) is 4.79 Å². The van der Waals surface area contributed by atoms with Gasteiger partial charge in [0.25, 0.3) is 0 Å². The quantitative estimate of drug-likeness (QED) is 0.170. The summed E-state index contributed by atoms with van der Waals surface area (Å²) in [4.78, 5) is 15.9. The van der Waals surface area contributed by atoms with Crippen LogP contribution in [0.5, 0.6) is 11.5 Å². The molecule has 5 aromatic rings. The zero-order valence-electron chi connectivity index (χ0n) is 25.0. The molecule has 1 spiro atoms. The summed E-state index contributed by atoms with van der Waals surface area (Å²) in [5.74, 6) is 1.07. The Bertz CT molecular complexity index is 1880. The Balaban J connectivity index is 1.39. The van der Waals surface area contributed by atoms with Crippen LogP contribution >= 0.6 is 11.6 Å². The number of ether oxygens (including phenoxy) is 2. The number of carbonyl (C=O) groups excluding carboxylic acids is 1. The van der Waals surface area contributed by atoms with Gasteiger partial charge in [0.2, 0.25) is 0 Å². The van der Waals surface area contributed by atoms with Gasteiger partial charge in [-0.15, -0.1) is 0 Å². The van der Waals surface area contributed by atoms with Crippen molar-refractivity contribution in [3.63, 3.8) is 0 Å². The standard InChI is InChI=1S/C38H35ClN2O3/c1-3-5-21-41(22-6-4-2)27-17-19-31-35(24-27)43-34-20-15-25-23-26(40-33-14-10-9-13-32(33)39)16-18-28(25)36(34)38(31)30-12-8-7-11-29(30)37(42)44-38/h7-20,23-24,40H,3-6,21-22H2,1-2H3. The smallest absolute Gasteiger partial charge is 0.340 e. The van der Waals surface area contributed by atoms with Crippen molar-refractivity contribution in [3.8, 4) is 11.5 Å². The summed E-state index contributed by atoms with van der Waals surface area (Å²) >= 11 is 6.43. The zero-order chi connectivity index (χ0) is 30.3. The monoisotopic (exact) mass is 602 g/mol. The highest BCUT2D eigenvalue weighted by atomic mass is 35.5. The summed E-state index contributed by atoms with van der Waals surface area (Å²) in [5.41, 5.74) is 4.82. The summed E-state index contributed by atoms with van der Waals surface area (Å²) < 4.78 is 13.2.